The van der Waals surface area contributed by atoms with E-state index >= 15 is 0 Å². The first-order chi connectivity index (χ1) is 6.00. The van der Waals surface area contributed by atoms with Crippen LogP contribution in [0.5, 0.6) is 0 Å². The van der Waals surface area contributed by atoms with E-state index in [1.807, 2.05) is 6.92 Å². The molecule has 0 spiro atoms. The summed E-state index contributed by atoms with van der Waals surface area (Å²) in [5.41, 5.74) is 0.611. The van der Waals surface area contributed by atoms with E-state index in [9.17, 15) is 9.90 Å². The second-order valence-electron chi connectivity index (χ2n) is 4.01. The Morgan fingerprint density at radius 1 is 1.77 bits per heavy atom. The summed E-state index contributed by atoms with van der Waals surface area (Å²) in [7, 11) is 0. The van der Waals surface area contributed by atoms with Crippen LogP contribution in [-0.2, 0) is 4.79 Å². The largest absolute Gasteiger partial charge is 0.481 e. The summed E-state index contributed by atoms with van der Waals surface area (Å²) in [6, 6.07) is 0. The first kappa shape index (κ1) is 10.3. The van der Waals surface area contributed by atoms with Crippen molar-refractivity contribution in [3.8, 4) is 0 Å². The summed E-state index contributed by atoms with van der Waals surface area (Å²) < 4.78 is 0. The van der Waals surface area contributed by atoms with Crippen LogP contribution in [-0.4, -0.2) is 22.8 Å². The van der Waals surface area contributed by atoms with Gasteiger partial charge in [0.15, 0.2) is 0 Å². The van der Waals surface area contributed by atoms with E-state index in [0.717, 1.165) is 18.4 Å². The first-order valence-electron chi connectivity index (χ1n) is 4.51. The fourth-order valence-electron chi connectivity index (χ4n) is 2.02. The Balaban J connectivity index is 2.75. The maximum absolute atomic E-state index is 10.6. The van der Waals surface area contributed by atoms with Gasteiger partial charge in [-0.15, -0.1) is 0 Å². The molecule has 0 aliphatic heterocycles. The standard InChI is InChI=1S/C10H16O3/c1-7-3-4-8(5-9(12)13)10(7,2)6-11/h8,11H,1,3-6H2,2H3,(H,12,13)/t8-,10+/m1/s1. The highest BCUT2D eigenvalue weighted by Crippen LogP contribution is 2.47. The van der Waals surface area contributed by atoms with Crippen molar-refractivity contribution in [3.63, 3.8) is 0 Å². The summed E-state index contributed by atoms with van der Waals surface area (Å²) in [5, 5.41) is 17.9. The van der Waals surface area contributed by atoms with Gasteiger partial charge in [0, 0.05) is 11.8 Å². The smallest absolute Gasteiger partial charge is 0.303 e. The Hall–Kier alpha value is -0.830. The Kier molecular flexibility index (Phi) is 2.76. The summed E-state index contributed by atoms with van der Waals surface area (Å²) in [4.78, 5) is 10.6. The van der Waals surface area contributed by atoms with Gasteiger partial charge < -0.3 is 10.2 Å². The van der Waals surface area contributed by atoms with Gasteiger partial charge in [-0.05, 0) is 18.8 Å². The minimum absolute atomic E-state index is 0.00375. The number of carboxylic acid groups (broad SMARTS) is 1. The van der Waals surface area contributed by atoms with Gasteiger partial charge in [-0.2, -0.15) is 0 Å². The van der Waals surface area contributed by atoms with Crippen molar-refractivity contribution in [2.75, 3.05) is 6.61 Å². The molecule has 3 nitrogen and oxygen atoms in total. The fourth-order valence-corrected chi connectivity index (χ4v) is 2.02. The number of aliphatic hydroxyl groups excluding tert-OH is 1. The number of hydrogen-bond donors (Lipinski definition) is 2. The molecule has 0 aromatic carbocycles. The van der Waals surface area contributed by atoms with Gasteiger partial charge in [-0.1, -0.05) is 19.1 Å². The lowest BCUT2D eigenvalue weighted by atomic mass is 9.77. The van der Waals surface area contributed by atoms with Gasteiger partial charge in [0.1, 0.15) is 0 Å². The molecule has 1 rings (SSSR count). The Labute approximate surface area is 78.1 Å². The molecule has 2 atom stereocenters. The molecular formula is C10H16O3. The molecule has 74 valence electrons. The summed E-state index contributed by atoms with van der Waals surface area (Å²) in [6.45, 7) is 5.79. The first-order valence-corrected chi connectivity index (χ1v) is 4.51. The molecule has 0 heterocycles. The number of rotatable bonds is 3. The van der Waals surface area contributed by atoms with Gasteiger partial charge in [-0.25, -0.2) is 0 Å². The topological polar surface area (TPSA) is 57.5 Å². The monoisotopic (exact) mass is 184 g/mol. The van der Waals surface area contributed by atoms with Gasteiger partial charge in [0.25, 0.3) is 0 Å². The lowest BCUT2D eigenvalue weighted by molar-refractivity contribution is -0.139. The van der Waals surface area contributed by atoms with Gasteiger partial charge in [0.2, 0.25) is 0 Å². The molecule has 0 radical (unpaired) electrons. The lowest BCUT2D eigenvalue weighted by Gasteiger charge is -2.29. The molecule has 0 saturated heterocycles. The van der Waals surface area contributed by atoms with Crippen LogP contribution in [0.15, 0.2) is 12.2 Å². The van der Waals surface area contributed by atoms with E-state index in [1.165, 1.54) is 0 Å². The van der Waals surface area contributed by atoms with Gasteiger partial charge in [0.05, 0.1) is 6.61 Å². The Bertz CT molecular complexity index is 234. The maximum atomic E-state index is 10.6. The van der Waals surface area contributed by atoms with Crippen LogP contribution in [0.1, 0.15) is 26.2 Å². The molecule has 0 unspecified atom stereocenters. The van der Waals surface area contributed by atoms with Crippen LogP contribution in [0, 0.1) is 11.3 Å². The second-order valence-corrected chi connectivity index (χ2v) is 4.01. The van der Waals surface area contributed by atoms with Crippen LogP contribution in [0.3, 0.4) is 0 Å². The molecule has 1 fully saturated rings. The predicted molar refractivity (Wildman–Crippen MR) is 49.3 cm³/mol. The molecular weight excluding hydrogens is 168 g/mol. The Morgan fingerprint density at radius 2 is 2.38 bits per heavy atom. The normalized spacial score (nSPS) is 33.7. The SMILES string of the molecule is C=C1CC[C@H](CC(=O)O)[C@@]1(C)CO. The highest BCUT2D eigenvalue weighted by molar-refractivity contribution is 5.67. The average molecular weight is 184 g/mol. The van der Waals surface area contributed by atoms with E-state index in [2.05, 4.69) is 6.58 Å². The van der Waals surface area contributed by atoms with Gasteiger partial charge >= 0.3 is 5.97 Å². The molecule has 0 amide bonds. The van der Waals surface area contributed by atoms with E-state index in [4.69, 9.17) is 5.11 Å². The van der Waals surface area contributed by atoms with Crippen molar-refractivity contribution in [1.82, 2.24) is 0 Å². The van der Waals surface area contributed by atoms with Crippen LogP contribution < -0.4 is 0 Å². The number of carbonyl (C=O) groups is 1. The highest BCUT2D eigenvalue weighted by atomic mass is 16.4. The van der Waals surface area contributed by atoms with Crippen molar-refractivity contribution < 1.29 is 15.0 Å². The van der Waals surface area contributed by atoms with Crippen molar-refractivity contribution in [3.05, 3.63) is 12.2 Å². The molecule has 1 saturated carbocycles. The number of hydrogen-bond acceptors (Lipinski definition) is 2. The predicted octanol–water partition coefficient (Wildman–Crippen LogP) is 1.43. The zero-order chi connectivity index (χ0) is 10.1. The molecule has 2 N–H and O–H groups in total. The minimum atomic E-state index is -0.792. The maximum Gasteiger partial charge on any atom is 0.303 e. The molecule has 1 aliphatic rings. The minimum Gasteiger partial charge on any atom is -0.481 e. The number of aliphatic carboxylic acids is 1. The van der Waals surface area contributed by atoms with E-state index in [-0.39, 0.29) is 24.4 Å². The lowest BCUT2D eigenvalue weighted by Crippen LogP contribution is -2.29. The van der Waals surface area contributed by atoms with Crippen LogP contribution in [0.25, 0.3) is 0 Å². The van der Waals surface area contributed by atoms with E-state index in [0.29, 0.717) is 0 Å². The van der Waals surface area contributed by atoms with Crippen molar-refractivity contribution in [2.45, 2.75) is 26.2 Å². The zero-order valence-corrected chi connectivity index (χ0v) is 7.92. The zero-order valence-electron chi connectivity index (χ0n) is 7.92. The van der Waals surface area contributed by atoms with E-state index < -0.39 is 5.97 Å². The second kappa shape index (κ2) is 3.50. The summed E-state index contributed by atoms with van der Waals surface area (Å²) in [6.07, 6.45) is 1.81. The highest BCUT2D eigenvalue weighted by Gasteiger charge is 2.41. The van der Waals surface area contributed by atoms with Crippen molar-refractivity contribution in [1.29, 1.82) is 0 Å². The average Bonchev–Trinajstić information content (AvgIpc) is 2.33. The molecule has 13 heavy (non-hydrogen) atoms. The third-order valence-electron chi connectivity index (χ3n) is 3.25. The third-order valence-corrected chi connectivity index (χ3v) is 3.25. The van der Waals surface area contributed by atoms with E-state index in [1.54, 1.807) is 0 Å². The van der Waals surface area contributed by atoms with Crippen LogP contribution in [0.4, 0.5) is 0 Å². The quantitative estimate of drug-likeness (QED) is 0.652. The molecule has 0 aromatic heterocycles. The third kappa shape index (κ3) is 1.75. The summed E-state index contributed by atoms with van der Waals surface area (Å²) >= 11 is 0. The van der Waals surface area contributed by atoms with Crippen molar-refractivity contribution in [2.24, 2.45) is 11.3 Å². The number of aliphatic hydroxyl groups is 1. The molecule has 3 heteroatoms. The molecule has 0 aromatic rings. The Morgan fingerprint density at radius 3 is 2.85 bits per heavy atom. The van der Waals surface area contributed by atoms with Crippen molar-refractivity contribution >= 4 is 5.97 Å². The summed E-state index contributed by atoms with van der Waals surface area (Å²) in [5.74, 6) is -0.748. The molecule has 0 bridgehead atoms. The van der Waals surface area contributed by atoms with Crippen LogP contribution >= 0.6 is 0 Å². The van der Waals surface area contributed by atoms with Crippen LogP contribution in [0.2, 0.25) is 0 Å². The fraction of sp³-hybridized carbons (Fsp3) is 0.700. The number of carboxylic acids is 1. The van der Waals surface area contributed by atoms with Gasteiger partial charge in [-0.3, -0.25) is 4.79 Å². The molecule has 1 aliphatic carbocycles.